The molecule has 1 saturated heterocycles. The fourth-order valence-corrected chi connectivity index (χ4v) is 4.08. The third-order valence-corrected chi connectivity index (χ3v) is 5.75. The monoisotopic (exact) mass is 469 g/mol. The van der Waals surface area contributed by atoms with Gasteiger partial charge in [0.25, 0.3) is 0 Å². The number of carbonyl (C=O) groups is 1. The number of rotatable bonds is 4. The number of likely N-dealkylation sites (tertiary alicyclic amines) is 1. The minimum atomic E-state index is -0.611. The van der Waals surface area contributed by atoms with Crippen molar-refractivity contribution in [2.75, 3.05) is 33.0 Å². The van der Waals surface area contributed by atoms with Gasteiger partial charge in [0.05, 0.1) is 42.4 Å². The summed E-state index contributed by atoms with van der Waals surface area (Å²) in [5, 5.41) is 5.56. The van der Waals surface area contributed by atoms with Crippen molar-refractivity contribution in [3.05, 3.63) is 53.1 Å². The molecule has 8 nitrogen and oxygen atoms in total. The molecule has 2 aromatic heterocycles. The van der Waals surface area contributed by atoms with E-state index in [-0.39, 0.29) is 29.3 Å². The van der Waals surface area contributed by atoms with Gasteiger partial charge in [-0.25, -0.2) is 4.98 Å². The number of hydrogen-bond donors (Lipinski definition) is 1. The van der Waals surface area contributed by atoms with Crippen LogP contribution in [0.4, 0.5) is 10.2 Å². The number of benzene rings is 1. The Morgan fingerprint density at radius 2 is 2.03 bits per heavy atom. The van der Waals surface area contributed by atoms with Gasteiger partial charge in [-0.05, 0) is 30.6 Å². The average molecular weight is 470 g/mol. The molecule has 1 fully saturated rings. The first-order chi connectivity index (χ1) is 15.9. The molecule has 10 heteroatoms. The molecule has 0 radical (unpaired) electrons. The van der Waals surface area contributed by atoms with E-state index in [2.05, 4.69) is 28.5 Å². The number of nitrogens with two attached hydrogens (primary N) is 1. The molecule has 0 saturated carbocycles. The van der Waals surface area contributed by atoms with Crippen LogP contribution in [-0.4, -0.2) is 52.9 Å². The van der Waals surface area contributed by atoms with Crippen molar-refractivity contribution in [2.24, 2.45) is 0 Å². The number of aromatic nitrogens is 3. The van der Waals surface area contributed by atoms with E-state index < -0.39 is 5.82 Å². The lowest BCUT2D eigenvalue weighted by Gasteiger charge is -2.15. The van der Waals surface area contributed by atoms with E-state index in [1.54, 1.807) is 9.58 Å². The highest BCUT2D eigenvalue weighted by atomic mass is 35.5. The van der Waals surface area contributed by atoms with Crippen molar-refractivity contribution in [3.63, 3.8) is 0 Å². The van der Waals surface area contributed by atoms with E-state index in [9.17, 15) is 9.18 Å². The zero-order valence-electron chi connectivity index (χ0n) is 18.1. The van der Waals surface area contributed by atoms with Crippen LogP contribution in [0.5, 0.6) is 11.5 Å². The van der Waals surface area contributed by atoms with Crippen LogP contribution in [0.2, 0.25) is 5.02 Å². The third-order valence-electron chi connectivity index (χ3n) is 5.48. The second kappa shape index (κ2) is 9.00. The maximum Gasteiger partial charge on any atom is 0.246 e. The first-order valence-corrected chi connectivity index (χ1v) is 10.4. The van der Waals surface area contributed by atoms with E-state index in [0.717, 1.165) is 0 Å². The molecule has 170 valence electrons. The second-order valence-corrected chi connectivity index (χ2v) is 7.79. The molecular formula is C23H21ClFN5O3. The van der Waals surface area contributed by atoms with Gasteiger partial charge in [0.15, 0.2) is 11.5 Å². The number of anilines is 1. The Kier molecular flexibility index (Phi) is 6.11. The van der Waals surface area contributed by atoms with Crippen LogP contribution in [-0.2, 0) is 4.79 Å². The summed E-state index contributed by atoms with van der Waals surface area (Å²) in [6.45, 7) is 4.58. The molecule has 1 amide bonds. The van der Waals surface area contributed by atoms with E-state index in [1.807, 2.05) is 0 Å². The Balaban J connectivity index is 1.81. The Morgan fingerprint density at radius 3 is 2.67 bits per heavy atom. The Bertz CT molecular complexity index is 1300. The van der Waals surface area contributed by atoms with E-state index in [1.165, 1.54) is 38.6 Å². The summed E-state index contributed by atoms with van der Waals surface area (Å²) in [6, 6.07) is 2.82. The summed E-state index contributed by atoms with van der Waals surface area (Å²) >= 11 is 6.47. The lowest BCUT2D eigenvalue weighted by molar-refractivity contribution is -0.125. The molecule has 1 aromatic carbocycles. The molecule has 0 bridgehead atoms. The van der Waals surface area contributed by atoms with Gasteiger partial charge in [-0.3, -0.25) is 9.48 Å². The number of amides is 1. The molecule has 3 aromatic rings. The number of hydrogen-bond acceptors (Lipinski definition) is 6. The van der Waals surface area contributed by atoms with Crippen molar-refractivity contribution < 1.29 is 18.7 Å². The minimum absolute atomic E-state index is 0.0104. The summed E-state index contributed by atoms with van der Waals surface area (Å²) in [6.07, 6.45) is 3.45. The van der Waals surface area contributed by atoms with Gasteiger partial charge in [0.2, 0.25) is 11.7 Å². The molecule has 0 aliphatic carbocycles. The lowest BCUT2D eigenvalue weighted by atomic mass is 10.1. The molecular weight excluding hydrogens is 449 g/mol. The van der Waals surface area contributed by atoms with Crippen LogP contribution in [0.25, 0.3) is 10.9 Å². The van der Waals surface area contributed by atoms with Crippen molar-refractivity contribution >= 4 is 34.2 Å². The summed E-state index contributed by atoms with van der Waals surface area (Å²) in [5.41, 5.74) is 7.59. The summed E-state index contributed by atoms with van der Waals surface area (Å²) in [4.78, 5) is 17.9. The fraction of sp³-hybridized carbons (Fsp3) is 0.261. The lowest BCUT2D eigenvalue weighted by Crippen LogP contribution is -2.27. The highest BCUT2D eigenvalue weighted by Crippen LogP contribution is 2.34. The average Bonchev–Trinajstić information content (AvgIpc) is 3.46. The minimum Gasteiger partial charge on any atom is -0.493 e. The zero-order valence-corrected chi connectivity index (χ0v) is 18.8. The second-order valence-electron chi connectivity index (χ2n) is 7.38. The van der Waals surface area contributed by atoms with E-state index in [0.29, 0.717) is 46.7 Å². The maximum atomic E-state index is 14.2. The van der Waals surface area contributed by atoms with Crippen LogP contribution in [0, 0.1) is 17.7 Å². The summed E-state index contributed by atoms with van der Waals surface area (Å²) < 4.78 is 26.1. The van der Waals surface area contributed by atoms with Crippen LogP contribution in [0.3, 0.4) is 0 Å². The topological polar surface area (TPSA) is 95.5 Å². The van der Waals surface area contributed by atoms with Gasteiger partial charge in [0.1, 0.15) is 11.5 Å². The first kappa shape index (κ1) is 22.4. The fourth-order valence-electron chi connectivity index (χ4n) is 3.85. The molecule has 1 unspecified atom stereocenters. The molecule has 3 heterocycles. The molecule has 2 N–H and O–H groups in total. The summed E-state index contributed by atoms with van der Waals surface area (Å²) in [5.74, 6) is 5.46. The van der Waals surface area contributed by atoms with Crippen LogP contribution in [0.15, 0.2) is 31.0 Å². The normalized spacial score (nSPS) is 15.3. The Labute approximate surface area is 194 Å². The van der Waals surface area contributed by atoms with Gasteiger partial charge >= 0.3 is 0 Å². The Morgan fingerprint density at radius 1 is 1.33 bits per heavy atom. The number of methoxy groups -OCH3 is 2. The van der Waals surface area contributed by atoms with E-state index >= 15 is 0 Å². The molecule has 1 aliphatic heterocycles. The van der Waals surface area contributed by atoms with Crippen LogP contribution in [0.1, 0.15) is 23.7 Å². The SMILES string of the molecule is C=CC(=O)N1CCC(n2nc(C#Cc3cc(OC)c(F)c(OC)c3)c3c(N)ncc(Cl)c32)C1. The van der Waals surface area contributed by atoms with Gasteiger partial charge in [-0.15, -0.1) is 0 Å². The number of ether oxygens (including phenoxy) is 2. The number of nitrogens with zero attached hydrogens (tertiary/aromatic N) is 4. The predicted molar refractivity (Wildman–Crippen MR) is 123 cm³/mol. The summed E-state index contributed by atoms with van der Waals surface area (Å²) in [7, 11) is 2.72. The molecule has 0 spiro atoms. The molecule has 33 heavy (non-hydrogen) atoms. The zero-order chi connectivity index (χ0) is 23.7. The van der Waals surface area contributed by atoms with Gasteiger partial charge < -0.3 is 20.1 Å². The quantitative estimate of drug-likeness (QED) is 0.466. The largest absolute Gasteiger partial charge is 0.493 e. The highest BCUT2D eigenvalue weighted by molar-refractivity contribution is 6.35. The van der Waals surface area contributed by atoms with Crippen LogP contribution < -0.4 is 15.2 Å². The van der Waals surface area contributed by atoms with Gasteiger partial charge in [-0.1, -0.05) is 24.1 Å². The van der Waals surface area contributed by atoms with Crippen molar-refractivity contribution in [1.82, 2.24) is 19.7 Å². The van der Waals surface area contributed by atoms with Crippen molar-refractivity contribution in [1.29, 1.82) is 0 Å². The first-order valence-electron chi connectivity index (χ1n) is 10.0. The molecule has 4 rings (SSSR count). The number of pyridine rings is 1. The van der Waals surface area contributed by atoms with Crippen molar-refractivity contribution in [2.45, 2.75) is 12.5 Å². The van der Waals surface area contributed by atoms with Crippen LogP contribution >= 0.6 is 11.6 Å². The smallest absolute Gasteiger partial charge is 0.246 e. The third kappa shape index (κ3) is 4.05. The molecule has 1 aliphatic rings. The highest BCUT2D eigenvalue weighted by Gasteiger charge is 2.30. The number of carbonyl (C=O) groups excluding carboxylic acids is 1. The molecule has 1 atom stereocenters. The number of halogens is 2. The Hall–Kier alpha value is -3.77. The number of nitrogen functional groups attached to an aromatic ring is 1. The van der Waals surface area contributed by atoms with Gasteiger partial charge in [0, 0.05) is 18.7 Å². The maximum absolute atomic E-state index is 14.2. The van der Waals surface area contributed by atoms with Crippen molar-refractivity contribution in [3.8, 4) is 23.3 Å². The predicted octanol–water partition coefficient (Wildman–Crippen LogP) is 3.18. The standard InChI is InChI=1S/C23H21ClFN5O3/c1-4-19(31)29-8-7-14(12-29)30-22-15(24)11-27-23(26)20(22)16(28-30)6-5-13-9-17(32-2)21(25)18(10-13)33-3/h4,9-11,14H,1,7-8,12H2,2-3H3,(H2,26,27). The van der Waals surface area contributed by atoms with E-state index in [4.69, 9.17) is 26.8 Å². The van der Waals surface area contributed by atoms with Gasteiger partial charge in [-0.2, -0.15) is 9.49 Å². The number of fused-ring (bicyclic) bond motifs is 1.